The zero-order chi connectivity index (χ0) is 19.9. The van der Waals surface area contributed by atoms with E-state index in [0.717, 1.165) is 0 Å². The Balaban J connectivity index is 2.63. The van der Waals surface area contributed by atoms with Crippen molar-refractivity contribution in [2.75, 3.05) is 0 Å². The van der Waals surface area contributed by atoms with Crippen LogP contribution in [0.25, 0.3) is 0 Å². The van der Waals surface area contributed by atoms with Gasteiger partial charge in [0, 0.05) is 0 Å². The molecule has 0 spiro atoms. The highest BCUT2D eigenvalue weighted by Gasteiger charge is 2.29. The molecule has 0 aliphatic carbocycles. The van der Waals surface area contributed by atoms with Gasteiger partial charge in [0.15, 0.2) is 0 Å². The Kier molecular flexibility index (Phi) is 7.93. The van der Waals surface area contributed by atoms with Crippen LogP contribution in [-0.4, -0.2) is 35.9 Å². The monoisotopic (exact) mass is 365 g/mol. The normalized spacial score (nSPS) is 14.9. The number of alkyl carbamates (subject to hydrolysis) is 1. The minimum absolute atomic E-state index is 0.132. The van der Waals surface area contributed by atoms with Gasteiger partial charge in [0.25, 0.3) is 0 Å². The molecule has 0 bridgehead atoms. The molecule has 6 heteroatoms. The number of carbonyl (C=O) groups excluding carboxylic acids is 2. The van der Waals surface area contributed by atoms with E-state index in [4.69, 9.17) is 14.2 Å². The molecule has 0 aliphatic heterocycles. The third-order valence-corrected chi connectivity index (χ3v) is 3.52. The van der Waals surface area contributed by atoms with Crippen LogP contribution in [0.3, 0.4) is 0 Å². The number of hydrogen-bond acceptors (Lipinski definition) is 5. The van der Waals surface area contributed by atoms with Crippen LogP contribution in [0, 0.1) is 5.92 Å². The van der Waals surface area contributed by atoms with Crippen molar-refractivity contribution in [3.63, 3.8) is 0 Å². The highest BCUT2D eigenvalue weighted by molar-refractivity contribution is 5.81. The summed E-state index contributed by atoms with van der Waals surface area (Å²) in [6.07, 6.45) is -1.45. The molecule has 1 aromatic carbocycles. The molecule has 26 heavy (non-hydrogen) atoms. The maximum Gasteiger partial charge on any atom is 0.408 e. The lowest BCUT2D eigenvalue weighted by atomic mass is 10.0. The first-order chi connectivity index (χ1) is 12.0. The maximum absolute atomic E-state index is 12.3. The fourth-order valence-electron chi connectivity index (χ4n) is 2.33. The molecule has 6 nitrogen and oxygen atoms in total. The third-order valence-electron chi connectivity index (χ3n) is 3.52. The maximum atomic E-state index is 12.3. The minimum Gasteiger partial charge on any atom is -0.486 e. The summed E-state index contributed by atoms with van der Waals surface area (Å²) >= 11 is 0. The lowest BCUT2D eigenvalue weighted by Gasteiger charge is -2.29. The Morgan fingerprint density at radius 1 is 1.00 bits per heavy atom. The van der Waals surface area contributed by atoms with Crippen LogP contribution in [0.15, 0.2) is 30.3 Å². The van der Waals surface area contributed by atoms with Crippen LogP contribution in [0.5, 0.6) is 5.75 Å². The van der Waals surface area contributed by atoms with E-state index < -0.39 is 29.8 Å². The van der Waals surface area contributed by atoms with Crippen molar-refractivity contribution in [2.24, 2.45) is 5.92 Å². The Bertz CT molecular complexity index is 580. The molecule has 0 fully saturated rings. The second-order valence-electron chi connectivity index (χ2n) is 7.65. The molecule has 0 saturated carbocycles. The fraction of sp³-hybridized carbons (Fsp3) is 0.600. The summed E-state index contributed by atoms with van der Waals surface area (Å²) in [6, 6.07) is 8.57. The zero-order valence-corrected chi connectivity index (χ0v) is 16.7. The number of para-hydroxylation sites is 1. The van der Waals surface area contributed by atoms with Gasteiger partial charge in [-0.1, -0.05) is 32.0 Å². The molecular formula is C20H31NO5. The van der Waals surface area contributed by atoms with Crippen molar-refractivity contribution in [3.05, 3.63) is 30.3 Å². The van der Waals surface area contributed by atoms with Gasteiger partial charge < -0.3 is 19.5 Å². The molecule has 0 saturated heterocycles. The van der Waals surface area contributed by atoms with Gasteiger partial charge in [-0.3, -0.25) is 0 Å². The van der Waals surface area contributed by atoms with Gasteiger partial charge in [-0.15, -0.1) is 0 Å². The van der Waals surface area contributed by atoms with Gasteiger partial charge in [0.2, 0.25) is 0 Å². The van der Waals surface area contributed by atoms with Crippen LogP contribution in [-0.2, 0) is 14.3 Å². The molecule has 1 amide bonds. The summed E-state index contributed by atoms with van der Waals surface area (Å²) in [5.74, 6) is 0.312. The largest absolute Gasteiger partial charge is 0.486 e. The van der Waals surface area contributed by atoms with E-state index in [1.165, 1.54) is 0 Å². The Labute approximate surface area is 156 Å². The summed E-state index contributed by atoms with van der Waals surface area (Å²) in [7, 11) is 0. The molecule has 0 unspecified atom stereocenters. The number of rotatable bonds is 7. The predicted octanol–water partition coefficient (Wildman–Crippen LogP) is 3.93. The van der Waals surface area contributed by atoms with Crippen molar-refractivity contribution in [1.82, 2.24) is 5.32 Å². The molecule has 146 valence electrons. The fourth-order valence-corrected chi connectivity index (χ4v) is 2.33. The van der Waals surface area contributed by atoms with Crippen LogP contribution in [0.1, 0.15) is 48.5 Å². The number of hydrogen-bond donors (Lipinski definition) is 1. The van der Waals surface area contributed by atoms with Gasteiger partial charge in [-0.2, -0.15) is 0 Å². The van der Waals surface area contributed by atoms with E-state index in [0.29, 0.717) is 5.75 Å². The highest BCUT2D eigenvalue weighted by Crippen LogP contribution is 2.19. The van der Waals surface area contributed by atoms with Crippen LogP contribution in [0.2, 0.25) is 0 Å². The lowest BCUT2D eigenvalue weighted by molar-refractivity contribution is -0.156. The molecule has 0 radical (unpaired) electrons. The summed E-state index contributed by atoms with van der Waals surface area (Å²) in [6.45, 7) is 12.6. The van der Waals surface area contributed by atoms with Crippen molar-refractivity contribution in [1.29, 1.82) is 0 Å². The van der Waals surface area contributed by atoms with Crippen molar-refractivity contribution in [3.8, 4) is 5.75 Å². The summed E-state index contributed by atoms with van der Waals surface area (Å²) in [5, 5.41) is 2.48. The number of ether oxygens (including phenoxy) is 3. The van der Waals surface area contributed by atoms with Crippen LogP contribution in [0.4, 0.5) is 4.79 Å². The van der Waals surface area contributed by atoms with Crippen LogP contribution < -0.4 is 10.1 Å². The smallest absolute Gasteiger partial charge is 0.408 e. The topological polar surface area (TPSA) is 73.9 Å². The molecule has 1 N–H and O–H groups in total. The van der Waals surface area contributed by atoms with E-state index in [-0.39, 0.29) is 12.0 Å². The summed E-state index contributed by atoms with van der Waals surface area (Å²) < 4.78 is 16.6. The number of carbonyl (C=O) groups is 2. The van der Waals surface area contributed by atoms with Gasteiger partial charge in [0.05, 0.1) is 0 Å². The van der Waals surface area contributed by atoms with E-state index in [2.05, 4.69) is 5.32 Å². The zero-order valence-electron chi connectivity index (χ0n) is 16.7. The Hall–Kier alpha value is -2.24. The molecular weight excluding hydrogens is 334 g/mol. The first-order valence-corrected chi connectivity index (χ1v) is 8.91. The Morgan fingerprint density at radius 3 is 2.08 bits per heavy atom. The second kappa shape index (κ2) is 9.46. The average molecular weight is 365 g/mol. The number of amides is 1. The highest BCUT2D eigenvalue weighted by atomic mass is 16.6. The molecule has 1 aromatic rings. The van der Waals surface area contributed by atoms with Gasteiger partial charge in [-0.05, 0) is 52.7 Å². The molecule has 0 heterocycles. The van der Waals surface area contributed by atoms with Crippen molar-refractivity contribution < 1.29 is 23.8 Å². The van der Waals surface area contributed by atoms with Crippen molar-refractivity contribution >= 4 is 12.1 Å². The first-order valence-electron chi connectivity index (χ1n) is 8.91. The summed E-state index contributed by atoms with van der Waals surface area (Å²) in [4.78, 5) is 24.1. The Morgan fingerprint density at radius 2 is 1.58 bits per heavy atom. The van der Waals surface area contributed by atoms with E-state index in [9.17, 15) is 9.59 Å². The van der Waals surface area contributed by atoms with Gasteiger partial charge >= 0.3 is 12.1 Å². The van der Waals surface area contributed by atoms with E-state index in [1.807, 2.05) is 44.2 Å². The van der Waals surface area contributed by atoms with Crippen LogP contribution >= 0.6 is 0 Å². The number of nitrogens with one attached hydrogen (secondary N) is 1. The molecule has 0 aromatic heterocycles. The quantitative estimate of drug-likeness (QED) is 0.741. The number of esters is 1. The molecule has 1 rings (SSSR count). The van der Waals surface area contributed by atoms with Crippen molar-refractivity contribution in [2.45, 2.75) is 72.3 Å². The summed E-state index contributed by atoms with van der Waals surface area (Å²) in [5.41, 5.74) is -0.632. The van der Waals surface area contributed by atoms with Gasteiger partial charge in [-0.25, -0.2) is 9.59 Å². The second-order valence-corrected chi connectivity index (χ2v) is 7.65. The number of benzene rings is 1. The standard InChI is InChI=1S/C20H31NO5/c1-13(2)17(25-16-11-9-8-10-12-16)15(4)24-18(22)14(3)21-19(23)26-20(5,6)7/h8-15,17H,1-7H3,(H,21,23)/t14-,15+,17-/m1/s1. The predicted molar refractivity (Wildman–Crippen MR) is 100 cm³/mol. The van der Waals surface area contributed by atoms with Gasteiger partial charge in [0.1, 0.15) is 29.6 Å². The van der Waals surface area contributed by atoms with E-state index >= 15 is 0 Å². The molecule has 3 atom stereocenters. The average Bonchev–Trinajstić information content (AvgIpc) is 2.51. The third kappa shape index (κ3) is 7.76. The lowest BCUT2D eigenvalue weighted by Crippen LogP contribution is -2.45. The minimum atomic E-state index is -0.822. The first kappa shape index (κ1) is 21.8. The molecule has 0 aliphatic rings. The van der Waals surface area contributed by atoms with E-state index in [1.54, 1.807) is 34.6 Å². The SMILES string of the molecule is CC(C)[C@@H](Oc1ccccc1)[C@H](C)OC(=O)[C@@H](C)NC(=O)OC(C)(C)C.